The summed E-state index contributed by atoms with van der Waals surface area (Å²) in [7, 11) is 0. The molecule has 146 valence electrons. The molecule has 2 aliphatic carbocycles. The average Bonchev–Trinajstić information content (AvgIpc) is 2.99. The Morgan fingerprint density at radius 3 is 2.63 bits per heavy atom. The van der Waals surface area contributed by atoms with Gasteiger partial charge in [0.15, 0.2) is 5.78 Å². The zero-order valence-electron chi connectivity index (χ0n) is 16.6. The molecule has 1 fully saturated rings. The number of hydrogen-bond donors (Lipinski definition) is 0. The predicted octanol–water partition coefficient (Wildman–Crippen LogP) is 4.33. The molecule has 1 aromatic carbocycles. The van der Waals surface area contributed by atoms with Crippen molar-refractivity contribution in [2.24, 2.45) is 22.7 Å². The van der Waals surface area contributed by atoms with E-state index in [0.717, 1.165) is 12.0 Å². The zero-order chi connectivity index (χ0) is 19.5. The number of esters is 1. The molecule has 0 heterocycles. The van der Waals surface area contributed by atoms with Crippen LogP contribution < -0.4 is 0 Å². The van der Waals surface area contributed by atoms with Gasteiger partial charge in [0.2, 0.25) is 0 Å². The van der Waals surface area contributed by atoms with Crippen LogP contribution in [0.25, 0.3) is 0 Å². The fourth-order valence-corrected chi connectivity index (χ4v) is 4.73. The number of benzene rings is 1. The van der Waals surface area contributed by atoms with Crippen LogP contribution in [0.1, 0.15) is 45.6 Å². The zero-order valence-corrected chi connectivity index (χ0v) is 16.6. The molecule has 2 aliphatic rings. The molecule has 3 rings (SSSR count). The first-order valence-corrected chi connectivity index (χ1v) is 9.91. The molecule has 4 nitrogen and oxygen atoms in total. The van der Waals surface area contributed by atoms with Crippen LogP contribution in [0.4, 0.5) is 0 Å². The summed E-state index contributed by atoms with van der Waals surface area (Å²) in [6.45, 7) is 6.80. The lowest BCUT2D eigenvalue weighted by Gasteiger charge is -2.39. The molecule has 0 spiro atoms. The third-order valence-corrected chi connectivity index (χ3v) is 6.63. The second-order valence-electron chi connectivity index (χ2n) is 8.26. The lowest BCUT2D eigenvalue weighted by Crippen LogP contribution is -2.42. The molecular formula is C23H30O4. The largest absolute Gasteiger partial charge is 0.465 e. The van der Waals surface area contributed by atoms with Crippen molar-refractivity contribution in [3.8, 4) is 0 Å². The van der Waals surface area contributed by atoms with Gasteiger partial charge in [0, 0.05) is 0 Å². The molecule has 0 aliphatic heterocycles. The highest BCUT2D eigenvalue weighted by Gasteiger charge is 2.61. The van der Waals surface area contributed by atoms with Crippen LogP contribution >= 0.6 is 0 Å². The van der Waals surface area contributed by atoms with E-state index in [4.69, 9.17) is 9.47 Å². The number of allylic oxidation sites excluding steroid dienone is 2. The van der Waals surface area contributed by atoms with Crippen LogP contribution in [0.15, 0.2) is 42.5 Å². The van der Waals surface area contributed by atoms with Gasteiger partial charge in [-0.05, 0) is 49.0 Å². The fourth-order valence-electron chi connectivity index (χ4n) is 4.73. The number of fused-ring (bicyclic) bond motifs is 1. The van der Waals surface area contributed by atoms with Gasteiger partial charge in [-0.3, -0.25) is 9.59 Å². The van der Waals surface area contributed by atoms with Gasteiger partial charge < -0.3 is 9.47 Å². The van der Waals surface area contributed by atoms with Crippen molar-refractivity contribution < 1.29 is 19.1 Å². The first-order valence-electron chi connectivity index (χ1n) is 9.91. The molecular weight excluding hydrogens is 340 g/mol. The van der Waals surface area contributed by atoms with Crippen molar-refractivity contribution in [1.82, 2.24) is 0 Å². The minimum Gasteiger partial charge on any atom is -0.465 e. The van der Waals surface area contributed by atoms with Crippen molar-refractivity contribution in [1.29, 1.82) is 0 Å². The summed E-state index contributed by atoms with van der Waals surface area (Å²) in [5.74, 6) is 0.133. The van der Waals surface area contributed by atoms with E-state index in [-0.39, 0.29) is 36.3 Å². The van der Waals surface area contributed by atoms with Crippen molar-refractivity contribution in [2.75, 3.05) is 13.2 Å². The predicted molar refractivity (Wildman–Crippen MR) is 104 cm³/mol. The number of ketones is 1. The fraction of sp³-hybridized carbons (Fsp3) is 0.565. The van der Waals surface area contributed by atoms with E-state index in [9.17, 15) is 9.59 Å². The van der Waals surface area contributed by atoms with Gasteiger partial charge in [-0.2, -0.15) is 0 Å². The van der Waals surface area contributed by atoms with Gasteiger partial charge in [-0.25, -0.2) is 0 Å². The standard InChI is InChI=1S/C23H30O4/c1-4-27-21(25)23(13-19-12-8-9-17(2)22(19,3)16-23)20(24)15-26-14-18-10-6-5-7-11-18/h5-8,10-12,17,19H,4,9,13-16H2,1-3H3/t17-,19+,22+,23-/m0/s1. The monoisotopic (exact) mass is 370 g/mol. The van der Waals surface area contributed by atoms with Crippen molar-refractivity contribution >= 4 is 11.8 Å². The Balaban J connectivity index is 1.76. The van der Waals surface area contributed by atoms with E-state index in [2.05, 4.69) is 26.0 Å². The van der Waals surface area contributed by atoms with Gasteiger partial charge >= 0.3 is 5.97 Å². The van der Waals surface area contributed by atoms with Crippen LogP contribution in [-0.2, 0) is 25.7 Å². The lowest BCUT2D eigenvalue weighted by atomic mass is 9.65. The Hall–Kier alpha value is -1.94. The van der Waals surface area contributed by atoms with Crippen LogP contribution in [0.2, 0.25) is 0 Å². The maximum absolute atomic E-state index is 13.2. The molecule has 0 aromatic heterocycles. The summed E-state index contributed by atoms with van der Waals surface area (Å²) in [5.41, 5.74) is -0.134. The van der Waals surface area contributed by atoms with E-state index in [0.29, 0.717) is 25.4 Å². The van der Waals surface area contributed by atoms with Crippen molar-refractivity contribution in [2.45, 2.75) is 46.6 Å². The molecule has 1 aromatic rings. The highest BCUT2D eigenvalue weighted by atomic mass is 16.5. The van der Waals surface area contributed by atoms with Gasteiger partial charge in [-0.1, -0.05) is 56.3 Å². The Labute approximate surface area is 161 Å². The lowest BCUT2D eigenvalue weighted by molar-refractivity contribution is -0.162. The smallest absolute Gasteiger partial charge is 0.319 e. The third-order valence-electron chi connectivity index (χ3n) is 6.63. The normalized spacial score (nSPS) is 32.1. The van der Waals surface area contributed by atoms with E-state index >= 15 is 0 Å². The van der Waals surface area contributed by atoms with Crippen molar-refractivity contribution in [3.05, 3.63) is 48.0 Å². The van der Waals surface area contributed by atoms with Crippen LogP contribution in [-0.4, -0.2) is 25.0 Å². The number of ether oxygens (including phenoxy) is 2. The first kappa shape index (κ1) is 19.8. The first-order chi connectivity index (χ1) is 12.9. The van der Waals surface area contributed by atoms with Gasteiger partial charge in [0.25, 0.3) is 0 Å². The highest BCUT2D eigenvalue weighted by molar-refractivity contribution is 6.05. The summed E-state index contributed by atoms with van der Waals surface area (Å²) in [6.07, 6.45) is 6.44. The highest BCUT2D eigenvalue weighted by Crippen LogP contribution is 2.60. The molecule has 0 saturated heterocycles. The Morgan fingerprint density at radius 1 is 1.22 bits per heavy atom. The number of hydrogen-bond acceptors (Lipinski definition) is 4. The van der Waals surface area contributed by atoms with Crippen LogP contribution in [0.5, 0.6) is 0 Å². The van der Waals surface area contributed by atoms with E-state index in [1.165, 1.54) is 0 Å². The Kier molecular flexibility index (Phi) is 5.85. The molecule has 0 unspecified atom stereocenters. The number of carbonyl (C=O) groups excluding carboxylic acids is 2. The Morgan fingerprint density at radius 2 is 1.96 bits per heavy atom. The molecule has 0 N–H and O–H groups in total. The molecule has 1 saturated carbocycles. The SMILES string of the molecule is CCOC(=O)[C@@]1(C(=O)COCc2ccccc2)C[C@H]2C=CC[C@H](C)[C@@]2(C)C1. The van der Waals surface area contributed by atoms with Gasteiger partial charge in [0.05, 0.1) is 13.2 Å². The summed E-state index contributed by atoms with van der Waals surface area (Å²) in [5, 5.41) is 0. The molecule has 0 amide bonds. The molecule has 0 radical (unpaired) electrons. The molecule has 4 atom stereocenters. The van der Waals surface area contributed by atoms with Crippen LogP contribution in [0, 0.1) is 22.7 Å². The summed E-state index contributed by atoms with van der Waals surface area (Å²) in [6, 6.07) is 9.75. The van der Waals surface area contributed by atoms with Gasteiger partial charge in [0.1, 0.15) is 12.0 Å². The molecule has 0 bridgehead atoms. The average molecular weight is 370 g/mol. The van der Waals surface area contributed by atoms with E-state index in [1.54, 1.807) is 6.92 Å². The summed E-state index contributed by atoms with van der Waals surface area (Å²) >= 11 is 0. The van der Waals surface area contributed by atoms with E-state index in [1.807, 2.05) is 30.3 Å². The minimum absolute atomic E-state index is 0.0589. The van der Waals surface area contributed by atoms with Gasteiger partial charge in [-0.15, -0.1) is 0 Å². The second-order valence-corrected chi connectivity index (χ2v) is 8.26. The molecule has 4 heteroatoms. The third kappa shape index (κ3) is 3.73. The Bertz CT molecular complexity index is 710. The number of carbonyl (C=O) groups is 2. The number of Topliss-reactive ketones (excluding diaryl/α,β-unsaturated/α-hetero) is 1. The second kappa shape index (κ2) is 7.97. The summed E-state index contributed by atoms with van der Waals surface area (Å²) in [4.78, 5) is 26.1. The minimum atomic E-state index is -1.09. The molecule has 27 heavy (non-hydrogen) atoms. The van der Waals surface area contributed by atoms with Crippen LogP contribution in [0.3, 0.4) is 0 Å². The summed E-state index contributed by atoms with van der Waals surface area (Å²) < 4.78 is 11.0. The van der Waals surface area contributed by atoms with Crippen molar-refractivity contribution in [3.63, 3.8) is 0 Å². The number of rotatable bonds is 7. The quantitative estimate of drug-likeness (QED) is 0.407. The maximum Gasteiger partial charge on any atom is 0.319 e. The topological polar surface area (TPSA) is 52.6 Å². The maximum atomic E-state index is 13.2. The van der Waals surface area contributed by atoms with E-state index < -0.39 is 5.41 Å².